The van der Waals surface area contributed by atoms with Gasteiger partial charge in [-0.15, -0.1) is 0 Å². The summed E-state index contributed by atoms with van der Waals surface area (Å²) in [4.78, 5) is 12.5. The van der Waals surface area contributed by atoms with Crippen molar-refractivity contribution >= 4 is 5.97 Å². The van der Waals surface area contributed by atoms with Crippen LogP contribution in [0.15, 0.2) is 102 Å². The van der Waals surface area contributed by atoms with Gasteiger partial charge in [0.1, 0.15) is 41.2 Å². The highest BCUT2D eigenvalue weighted by molar-refractivity contribution is 5.74. The molecule has 200 valence electrons. The first-order chi connectivity index (χ1) is 19.4. The lowest BCUT2D eigenvalue weighted by atomic mass is 9.83. The van der Waals surface area contributed by atoms with E-state index in [0.717, 1.165) is 27.8 Å². The fraction of sp³-hybridized carbons (Fsp3) is 0.152. The van der Waals surface area contributed by atoms with Crippen molar-refractivity contribution in [3.63, 3.8) is 0 Å². The van der Waals surface area contributed by atoms with Crippen molar-refractivity contribution in [2.45, 2.75) is 26.4 Å². The van der Waals surface area contributed by atoms with E-state index in [1.54, 1.807) is 18.2 Å². The van der Waals surface area contributed by atoms with Crippen LogP contribution in [0.3, 0.4) is 0 Å². The molecule has 0 saturated heterocycles. The molecule has 1 atom stereocenters. The molecule has 0 fully saturated rings. The SMILES string of the molecule is Cc1ccc(OCC(=O)Oc2ccc3c(c2)OC(N)=C(C#N)C3c2cccc(OCc3ccccc3)c2)cc1C. The number of hydrogen-bond donors (Lipinski definition) is 1. The second kappa shape index (κ2) is 11.7. The number of nitrogens with two attached hydrogens (primary N) is 1. The molecule has 0 aliphatic carbocycles. The van der Waals surface area contributed by atoms with Gasteiger partial charge in [0.2, 0.25) is 5.88 Å². The Morgan fingerprint density at radius 3 is 2.42 bits per heavy atom. The zero-order valence-electron chi connectivity index (χ0n) is 22.2. The lowest BCUT2D eigenvalue weighted by molar-refractivity contribution is -0.136. The van der Waals surface area contributed by atoms with E-state index in [2.05, 4.69) is 6.07 Å². The maximum atomic E-state index is 12.5. The summed E-state index contributed by atoms with van der Waals surface area (Å²) >= 11 is 0. The van der Waals surface area contributed by atoms with Gasteiger partial charge in [0.15, 0.2) is 6.61 Å². The van der Waals surface area contributed by atoms with E-state index in [0.29, 0.717) is 29.4 Å². The number of ether oxygens (including phenoxy) is 4. The van der Waals surface area contributed by atoms with Crippen molar-refractivity contribution < 1.29 is 23.7 Å². The number of fused-ring (bicyclic) bond motifs is 1. The van der Waals surface area contributed by atoms with Crippen molar-refractivity contribution in [1.82, 2.24) is 0 Å². The number of benzene rings is 4. The molecule has 1 unspecified atom stereocenters. The molecule has 4 aromatic carbocycles. The van der Waals surface area contributed by atoms with Crippen LogP contribution >= 0.6 is 0 Å². The molecule has 2 N–H and O–H groups in total. The van der Waals surface area contributed by atoms with Gasteiger partial charge in [-0.25, -0.2) is 4.79 Å². The summed E-state index contributed by atoms with van der Waals surface area (Å²) in [5, 5.41) is 9.92. The minimum absolute atomic E-state index is 0.00263. The Morgan fingerprint density at radius 2 is 1.65 bits per heavy atom. The van der Waals surface area contributed by atoms with E-state index in [1.807, 2.05) is 86.6 Å². The maximum Gasteiger partial charge on any atom is 0.349 e. The first-order valence-electron chi connectivity index (χ1n) is 12.8. The molecule has 0 amide bonds. The average molecular weight is 533 g/mol. The standard InChI is InChI=1S/C33H28N2O5/c1-21-11-12-26(15-22(21)2)38-20-31(36)39-27-13-14-28-30(17-27)40-33(35)29(18-34)32(28)24-9-6-10-25(16-24)37-19-23-7-4-3-5-8-23/h3-17,32H,19-20,35H2,1-2H3. The minimum atomic E-state index is -0.560. The van der Waals surface area contributed by atoms with Crippen LogP contribution in [0.4, 0.5) is 0 Å². The van der Waals surface area contributed by atoms with Crippen molar-refractivity contribution in [3.05, 3.63) is 130 Å². The van der Waals surface area contributed by atoms with Crippen LogP contribution in [0.25, 0.3) is 0 Å². The van der Waals surface area contributed by atoms with Crippen LogP contribution in [0.1, 0.15) is 33.7 Å². The molecule has 7 heteroatoms. The topological polar surface area (TPSA) is 104 Å². The van der Waals surface area contributed by atoms with Crippen LogP contribution in [0.2, 0.25) is 0 Å². The van der Waals surface area contributed by atoms with Gasteiger partial charge in [0.25, 0.3) is 0 Å². The van der Waals surface area contributed by atoms with E-state index in [-0.39, 0.29) is 18.2 Å². The largest absolute Gasteiger partial charge is 0.489 e. The van der Waals surface area contributed by atoms with Gasteiger partial charge in [0, 0.05) is 11.6 Å². The highest BCUT2D eigenvalue weighted by atomic mass is 16.6. The molecule has 7 nitrogen and oxygen atoms in total. The second-order valence-electron chi connectivity index (χ2n) is 9.48. The van der Waals surface area contributed by atoms with Gasteiger partial charge in [-0.05, 0) is 66.4 Å². The lowest BCUT2D eigenvalue weighted by Gasteiger charge is -2.27. The van der Waals surface area contributed by atoms with Gasteiger partial charge in [-0.2, -0.15) is 5.26 Å². The lowest BCUT2D eigenvalue weighted by Crippen LogP contribution is -2.21. The monoisotopic (exact) mass is 532 g/mol. The van der Waals surface area contributed by atoms with Crippen LogP contribution in [-0.2, 0) is 11.4 Å². The Hall–Kier alpha value is -5.22. The van der Waals surface area contributed by atoms with Crippen LogP contribution < -0.4 is 24.7 Å². The molecule has 0 aromatic heterocycles. The average Bonchev–Trinajstić information content (AvgIpc) is 2.96. The molecular weight excluding hydrogens is 504 g/mol. The van der Waals surface area contributed by atoms with Gasteiger partial charge >= 0.3 is 5.97 Å². The number of allylic oxidation sites excluding steroid dienone is 1. The number of rotatable bonds is 8. The first kappa shape index (κ1) is 26.4. The molecule has 40 heavy (non-hydrogen) atoms. The third-order valence-electron chi connectivity index (χ3n) is 6.70. The maximum absolute atomic E-state index is 12.5. The quantitative estimate of drug-likeness (QED) is 0.216. The van der Waals surface area contributed by atoms with Gasteiger partial charge in [0.05, 0.1) is 5.92 Å². The number of nitriles is 1. The molecule has 1 aliphatic rings. The summed E-state index contributed by atoms with van der Waals surface area (Å²) in [7, 11) is 0. The summed E-state index contributed by atoms with van der Waals surface area (Å²) in [5.41, 5.74) is 11.3. The number of carbonyl (C=O) groups is 1. The van der Waals surface area contributed by atoms with E-state index in [1.165, 1.54) is 0 Å². The van der Waals surface area contributed by atoms with Gasteiger partial charge in [-0.1, -0.05) is 54.6 Å². The van der Waals surface area contributed by atoms with E-state index >= 15 is 0 Å². The summed E-state index contributed by atoms with van der Waals surface area (Å²) in [5.74, 6) is 0.893. The Kier molecular flexibility index (Phi) is 7.70. The number of esters is 1. The van der Waals surface area contributed by atoms with Gasteiger partial charge < -0.3 is 24.7 Å². The summed E-state index contributed by atoms with van der Waals surface area (Å²) in [6.07, 6.45) is 0. The zero-order valence-corrected chi connectivity index (χ0v) is 22.2. The van der Waals surface area contributed by atoms with Crippen LogP contribution in [0.5, 0.6) is 23.0 Å². The van der Waals surface area contributed by atoms with Crippen LogP contribution in [-0.4, -0.2) is 12.6 Å². The van der Waals surface area contributed by atoms with E-state index < -0.39 is 11.9 Å². The summed E-state index contributed by atoms with van der Waals surface area (Å²) < 4.78 is 22.9. The number of hydrogen-bond acceptors (Lipinski definition) is 7. The fourth-order valence-electron chi connectivity index (χ4n) is 4.47. The minimum Gasteiger partial charge on any atom is -0.489 e. The van der Waals surface area contributed by atoms with Crippen molar-refractivity contribution in [1.29, 1.82) is 5.26 Å². The van der Waals surface area contributed by atoms with Crippen molar-refractivity contribution in [3.8, 4) is 29.1 Å². The van der Waals surface area contributed by atoms with E-state index in [9.17, 15) is 10.1 Å². The molecule has 1 aliphatic heterocycles. The summed E-state index contributed by atoms with van der Waals surface area (Å²) in [6, 6.07) is 30.3. The third-order valence-corrected chi connectivity index (χ3v) is 6.70. The normalized spacial score (nSPS) is 14.0. The predicted molar refractivity (Wildman–Crippen MR) is 150 cm³/mol. The summed E-state index contributed by atoms with van der Waals surface area (Å²) in [6.45, 7) is 4.15. The van der Waals surface area contributed by atoms with Crippen LogP contribution in [0, 0.1) is 25.2 Å². The molecule has 0 saturated carbocycles. The zero-order chi connectivity index (χ0) is 28.1. The molecule has 1 heterocycles. The Morgan fingerprint density at radius 1 is 0.875 bits per heavy atom. The molecule has 0 bridgehead atoms. The highest BCUT2D eigenvalue weighted by Crippen LogP contribution is 2.44. The molecule has 0 radical (unpaired) electrons. The number of aryl methyl sites for hydroxylation is 2. The second-order valence-corrected chi connectivity index (χ2v) is 9.48. The molecule has 0 spiro atoms. The molecule has 5 rings (SSSR count). The van der Waals surface area contributed by atoms with Crippen molar-refractivity contribution in [2.75, 3.05) is 6.61 Å². The Bertz CT molecular complexity index is 1620. The van der Waals surface area contributed by atoms with Crippen molar-refractivity contribution in [2.24, 2.45) is 5.73 Å². The number of nitrogens with zero attached hydrogens (tertiary/aromatic N) is 1. The molecular formula is C33H28N2O5. The number of carbonyl (C=O) groups excluding carboxylic acids is 1. The highest BCUT2D eigenvalue weighted by Gasteiger charge is 2.31. The van der Waals surface area contributed by atoms with Gasteiger partial charge in [-0.3, -0.25) is 0 Å². The third kappa shape index (κ3) is 5.92. The van der Waals surface area contributed by atoms with E-state index in [4.69, 9.17) is 24.7 Å². The fourth-order valence-corrected chi connectivity index (χ4v) is 4.47. The molecule has 4 aromatic rings. The predicted octanol–water partition coefficient (Wildman–Crippen LogP) is 6.09. The first-order valence-corrected chi connectivity index (χ1v) is 12.8. The Labute approximate surface area is 233 Å². The smallest absolute Gasteiger partial charge is 0.349 e. The Balaban J connectivity index is 1.33.